The molecule has 0 saturated carbocycles. The normalized spacial score (nSPS) is 15.9. The Morgan fingerprint density at radius 1 is 1.75 bits per heavy atom. The van der Waals surface area contributed by atoms with E-state index in [9.17, 15) is 4.79 Å². The van der Waals surface area contributed by atoms with Gasteiger partial charge in [-0.15, -0.1) is 0 Å². The van der Waals surface area contributed by atoms with Crippen LogP contribution in [0.15, 0.2) is 0 Å². The summed E-state index contributed by atoms with van der Waals surface area (Å²) in [6, 6.07) is 0. The van der Waals surface area contributed by atoms with Gasteiger partial charge in [-0.2, -0.15) is 0 Å². The molecule has 0 saturated heterocycles. The van der Waals surface area contributed by atoms with Crippen LogP contribution in [-0.2, 0) is 37.5 Å². The van der Waals surface area contributed by atoms with Crippen molar-refractivity contribution in [1.82, 2.24) is 0 Å². The second-order valence-electron chi connectivity index (χ2n) is 1.56. The van der Waals surface area contributed by atoms with Crippen LogP contribution in [0.25, 0.3) is 0 Å². The zero-order valence-corrected chi connectivity index (χ0v) is 7.71. The Kier molecular flexibility index (Phi) is 8.44. The Balaban J connectivity index is 0. The summed E-state index contributed by atoms with van der Waals surface area (Å²) in [4.78, 5) is 9.75. The van der Waals surface area contributed by atoms with Gasteiger partial charge in [0.25, 0.3) is 0 Å². The Bertz CT molecular complexity index is 63.4. The van der Waals surface area contributed by atoms with Gasteiger partial charge in [-0.1, -0.05) is 13.0 Å². The van der Waals surface area contributed by atoms with Crippen LogP contribution in [0, 0.1) is 12.8 Å². The fourth-order valence-corrected chi connectivity index (χ4v) is 0.0907. The van der Waals surface area contributed by atoms with E-state index in [1.54, 1.807) is 6.92 Å². The standard InChI is InChI=1S/C5H9O2.Y/c1-4(3-6)5(2)7;/h3-5,7H,2H2,1H3;/q-1;+3. The molecular weight excluding hydrogens is 181 g/mol. The fourth-order valence-electron chi connectivity index (χ4n) is 0.0907. The van der Waals surface area contributed by atoms with E-state index < -0.39 is 6.10 Å². The predicted molar refractivity (Wildman–Crippen MR) is 26.6 cm³/mol. The van der Waals surface area contributed by atoms with Crippen molar-refractivity contribution < 1.29 is 42.6 Å². The average Bonchev–Trinajstić information content (AvgIpc) is 1.65. The summed E-state index contributed by atoms with van der Waals surface area (Å²) in [5, 5.41) is 8.48. The van der Waals surface area contributed by atoms with Crippen LogP contribution < -0.4 is 0 Å². The number of aliphatic hydroxyl groups excluding tert-OH is 1. The first kappa shape index (κ1) is 11.5. The van der Waals surface area contributed by atoms with Crippen molar-refractivity contribution in [2.24, 2.45) is 5.92 Å². The molecule has 0 aliphatic carbocycles. The molecule has 2 atom stereocenters. The van der Waals surface area contributed by atoms with Crippen molar-refractivity contribution in [1.29, 1.82) is 0 Å². The molecule has 0 spiro atoms. The van der Waals surface area contributed by atoms with E-state index >= 15 is 0 Å². The van der Waals surface area contributed by atoms with Crippen LogP contribution >= 0.6 is 0 Å². The molecule has 1 N–H and O–H groups in total. The maximum Gasteiger partial charge on any atom is 3.00 e. The minimum Gasteiger partial charge on any atom is -0.425 e. The first-order valence-corrected chi connectivity index (χ1v) is 2.15. The molecule has 0 aromatic carbocycles. The van der Waals surface area contributed by atoms with Crippen LogP contribution in [0.1, 0.15) is 6.92 Å². The van der Waals surface area contributed by atoms with Gasteiger partial charge < -0.3 is 16.8 Å². The second kappa shape index (κ2) is 5.86. The molecule has 0 aromatic rings. The maximum absolute atomic E-state index is 9.75. The zero-order chi connectivity index (χ0) is 5.86. The van der Waals surface area contributed by atoms with E-state index in [-0.39, 0.29) is 38.6 Å². The van der Waals surface area contributed by atoms with Gasteiger partial charge in [0.1, 0.15) is 6.29 Å². The number of hydrogen-bond donors (Lipinski definition) is 1. The average molecular weight is 190 g/mol. The molecular formula is C5H9O2Y+2. The number of hydrogen-bond acceptors (Lipinski definition) is 2. The van der Waals surface area contributed by atoms with E-state index in [4.69, 9.17) is 5.11 Å². The summed E-state index contributed by atoms with van der Waals surface area (Å²) in [5.74, 6) is -0.333. The van der Waals surface area contributed by atoms with E-state index in [1.165, 1.54) is 0 Å². The molecule has 2 nitrogen and oxygen atoms in total. The van der Waals surface area contributed by atoms with Crippen LogP contribution in [0.3, 0.4) is 0 Å². The van der Waals surface area contributed by atoms with Crippen molar-refractivity contribution in [2.75, 3.05) is 0 Å². The minimum absolute atomic E-state index is 0. The number of carbonyl (C=O) groups excluding carboxylic acids is 1. The predicted octanol–water partition coefficient (Wildman–Crippen LogP) is 0.0139. The smallest absolute Gasteiger partial charge is 0.425 e. The second-order valence-corrected chi connectivity index (χ2v) is 1.56. The van der Waals surface area contributed by atoms with Gasteiger partial charge in [0.05, 0.1) is 0 Å². The molecule has 0 aromatic heterocycles. The van der Waals surface area contributed by atoms with Crippen LogP contribution in [0.5, 0.6) is 0 Å². The Morgan fingerprint density at radius 2 is 2.12 bits per heavy atom. The summed E-state index contributed by atoms with van der Waals surface area (Å²) in [6.45, 7) is 4.85. The maximum atomic E-state index is 9.75. The van der Waals surface area contributed by atoms with Gasteiger partial charge in [-0.3, -0.25) is 0 Å². The van der Waals surface area contributed by atoms with Crippen molar-refractivity contribution in [3.05, 3.63) is 6.92 Å². The van der Waals surface area contributed by atoms with Crippen molar-refractivity contribution >= 4 is 6.29 Å². The molecule has 0 fully saturated rings. The fraction of sp³-hybridized carbons (Fsp3) is 0.600. The Hall–Kier alpha value is 0.734. The van der Waals surface area contributed by atoms with E-state index in [0.29, 0.717) is 6.29 Å². The topological polar surface area (TPSA) is 37.3 Å². The van der Waals surface area contributed by atoms with E-state index in [2.05, 4.69) is 6.92 Å². The number of rotatable bonds is 2. The number of aliphatic hydroxyl groups is 1. The van der Waals surface area contributed by atoms with Crippen LogP contribution in [-0.4, -0.2) is 17.5 Å². The first-order valence-electron chi connectivity index (χ1n) is 2.15. The quantitative estimate of drug-likeness (QED) is 0.492. The molecule has 2 unspecified atom stereocenters. The van der Waals surface area contributed by atoms with Gasteiger partial charge in [0.15, 0.2) is 0 Å². The van der Waals surface area contributed by atoms with E-state index in [1.807, 2.05) is 0 Å². The molecule has 0 aliphatic rings. The number of aldehydes is 1. The molecule has 0 heterocycles. The molecule has 0 amide bonds. The van der Waals surface area contributed by atoms with Crippen molar-refractivity contribution in [2.45, 2.75) is 13.0 Å². The van der Waals surface area contributed by atoms with Gasteiger partial charge in [-0.05, 0) is 0 Å². The van der Waals surface area contributed by atoms with Gasteiger partial charge in [0.2, 0.25) is 0 Å². The molecule has 8 heavy (non-hydrogen) atoms. The third-order valence-corrected chi connectivity index (χ3v) is 0.822. The SMILES string of the molecule is [CH2-]C(O)C(C)C=O.[Y+3]. The number of carbonyl (C=O) groups is 1. The van der Waals surface area contributed by atoms with Crippen molar-refractivity contribution in [3.8, 4) is 0 Å². The Labute approximate surface area is 74.5 Å². The summed E-state index contributed by atoms with van der Waals surface area (Å²) in [7, 11) is 0. The molecule has 0 radical (unpaired) electrons. The summed E-state index contributed by atoms with van der Waals surface area (Å²) in [5.41, 5.74) is 0. The Morgan fingerprint density at radius 3 is 2.12 bits per heavy atom. The van der Waals surface area contributed by atoms with Gasteiger partial charge in [-0.25, -0.2) is 0 Å². The van der Waals surface area contributed by atoms with Crippen molar-refractivity contribution in [3.63, 3.8) is 0 Å². The van der Waals surface area contributed by atoms with Gasteiger partial charge in [0, 0.05) is 5.92 Å². The third-order valence-electron chi connectivity index (χ3n) is 0.822. The summed E-state index contributed by atoms with van der Waals surface area (Å²) < 4.78 is 0. The monoisotopic (exact) mass is 190 g/mol. The zero-order valence-electron chi connectivity index (χ0n) is 4.87. The minimum atomic E-state index is -0.752. The first-order chi connectivity index (χ1) is 3.18. The van der Waals surface area contributed by atoms with Crippen LogP contribution in [0.4, 0.5) is 0 Å². The molecule has 0 aliphatic heterocycles. The van der Waals surface area contributed by atoms with E-state index in [0.717, 1.165) is 0 Å². The molecule has 3 heteroatoms. The molecule has 0 bridgehead atoms. The largest absolute Gasteiger partial charge is 3.00 e. The molecule has 0 rings (SSSR count). The third kappa shape index (κ3) is 4.88. The summed E-state index contributed by atoms with van der Waals surface area (Å²) >= 11 is 0. The summed E-state index contributed by atoms with van der Waals surface area (Å²) in [6.07, 6.45) is -0.0741. The van der Waals surface area contributed by atoms with Gasteiger partial charge >= 0.3 is 32.7 Å². The molecule has 42 valence electrons. The van der Waals surface area contributed by atoms with Crippen LogP contribution in [0.2, 0.25) is 0 Å².